The molecule has 1 aromatic carbocycles. The number of nitrogens with zero attached hydrogens (tertiary/aromatic N) is 2. The van der Waals surface area contributed by atoms with Gasteiger partial charge in [-0.1, -0.05) is 12.1 Å². The smallest absolute Gasteiger partial charge is 0.329 e. The van der Waals surface area contributed by atoms with Gasteiger partial charge in [-0.2, -0.15) is 0 Å². The van der Waals surface area contributed by atoms with E-state index in [0.29, 0.717) is 21.8 Å². The van der Waals surface area contributed by atoms with Crippen LogP contribution in [0, 0.1) is 6.92 Å². The van der Waals surface area contributed by atoms with Crippen LogP contribution in [0.4, 0.5) is 0 Å². The van der Waals surface area contributed by atoms with Crippen LogP contribution in [0.15, 0.2) is 34.4 Å². The fraction of sp³-hybridized carbons (Fsp3) is 0.278. The number of carboxylic acid groups (broad SMARTS) is 1. The van der Waals surface area contributed by atoms with Crippen LogP contribution in [0.2, 0.25) is 0 Å². The number of hydrogen-bond donors (Lipinski definition) is 1. The van der Waals surface area contributed by atoms with Crippen molar-refractivity contribution in [3.8, 4) is 16.9 Å². The van der Waals surface area contributed by atoms with Gasteiger partial charge >= 0.3 is 5.97 Å². The average molecular weight is 358 g/mol. The van der Waals surface area contributed by atoms with Crippen LogP contribution in [0.3, 0.4) is 0 Å². The summed E-state index contributed by atoms with van der Waals surface area (Å²) >= 11 is 1.37. The zero-order valence-corrected chi connectivity index (χ0v) is 15.2. The Bertz CT molecular complexity index is 1030. The van der Waals surface area contributed by atoms with Gasteiger partial charge in [-0.15, -0.1) is 11.3 Å². The molecule has 0 saturated carbocycles. The van der Waals surface area contributed by atoms with Crippen molar-refractivity contribution < 1.29 is 14.6 Å². The molecule has 0 atom stereocenters. The number of rotatable bonds is 4. The first kappa shape index (κ1) is 17.2. The highest BCUT2D eigenvalue weighted by molar-refractivity contribution is 7.17. The quantitative estimate of drug-likeness (QED) is 0.774. The summed E-state index contributed by atoms with van der Waals surface area (Å²) in [5.74, 6) is -0.0240. The van der Waals surface area contributed by atoms with Gasteiger partial charge in [0.1, 0.15) is 21.9 Å². The first-order valence-electron chi connectivity index (χ1n) is 7.66. The third kappa shape index (κ3) is 2.70. The molecule has 130 valence electrons. The van der Waals surface area contributed by atoms with Gasteiger partial charge in [0.2, 0.25) is 0 Å². The number of carboxylic acids is 1. The second-order valence-electron chi connectivity index (χ2n) is 6.23. The number of ether oxygens (including phenoxy) is 1. The largest absolute Gasteiger partial charge is 0.497 e. The highest BCUT2D eigenvalue weighted by Gasteiger charge is 2.33. The van der Waals surface area contributed by atoms with Gasteiger partial charge in [0.05, 0.1) is 12.5 Å². The van der Waals surface area contributed by atoms with E-state index in [1.165, 1.54) is 29.8 Å². The summed E-state index contributed by atoms with van der Waals surface area (Å²) in [6, 6.07) is 7.40. The molecule has 0 aliphatic carbocycles. The van der Waals surface area contributed by atoms with Gasteiger partial charge in [-0.3, -0.25) is 9.36 Å². The highest BCUT2D eigenvalue weighted by atomic mass is 32.1. The SMILES string of the molecule is COc1cccc(-c2csc3nc(C)n(C(C)(C)C(=O)O)c(=O)c23)c1. The third-order valence-electron chi connectivity index (χ3n) is 4.24. The van der Waals surface area contributed by atoms with Gasteiger partial charge in [0.25, 0.3) is 5.56 Å². The first-order chi connectivity index (χ1) is 11.8. The van der Waals surface area contributed by atoms with Gasteiger partial charge in [0.15, 0.2) is 0 Å². The maximum Gasteiger partial charge on any atom is 0.329 e. The number of fused-ring (bicyclic) bond motifs is 1. The predicted molar refractivity (Wildman–Crippen MR) is 97.6 cm³/mol. The lowest BCUT2D eigenvalue weighted by molar-refractivity contribution is -0.145. The Balaban J connectivity index is 2.34. The van der Waals surface area contributed by atoms with Gasteiger partial charge in [-0.05, 0) is 38.5 Å². The van der Waals surface area contributed by atoms with Crippen molar-refractivity contribution in [3.05, 3.63) is 45.8 Å². The molecule has 2 aromatic heterocycles. The van der Waals surface area contributed by atoms with E-state index in [1.54, 1.807) is 14.0 Å². The Hall–Kier alpha value is -2.67. The summed E-state index contributed by atoms with van der Waals surface area (Å²) in [6.45, 7) is 4.64. The zero-order chi connectivity index (χ0) is 18.4. The van der Waals surface area contributed by atoms with Crippen LogP contribution in [0.25, 0.3) is 21.3 Å². The van der Waals surface area contributed by atoms with Gasteiger partial charge in [-0.25, -0.2) is 9.78 Å². The Morgan fingerprint density at radius 2 is 2.08 bits per heavy atom. The molecular formula is C18H18N2O4S. The van der Waals surface area contributed by atoms with Gasteiger partial charge in [0, 0.05) is 10.9 Å². The Morgan fingerprint density at radius 3 is 2.72 bits per heavy atom. The number of aliphatic carboxylic acids is 1. The van der Waals surface area contributed by atoms with Crippen LogP contribution in [-0.2, 0) is 10.3 Å². The normalized spacial score (nSPS) is 11.7. The highest BCUT2D eigenvalue weighted by Crippen LogP contribution is 2.33. The number of thiophene rings is 1. The van der Waals surface area contributed by atoms with Gasteiger partial charge < -0.3 is 9.84 Å². The molecule has 0 radical (unpaired) electrons. The van der Waals surface area contributed by atoms with E-state index < -0.39 is 11.5 Å². The van der Waals surface area contributed by atoms with Crippen molar-refractivity contribution in [2.75, 3.05) is 7.11 Å². The molecule has 0 bridgehead atoms. The van der Waals surface area contributed by atoms with Crippen LogP contribution in [0.5, 0.6) is 5.75 Å². The Labute approximate surface area is 148 Å². The third-order valence-corrected chi connectivity index (χ3v) is 5.11. The van der Waals surface area contributed by atoms with Crippen LogP contribution in [0.1, 0.15) is 19.7 Å². The maximum atomic E-state index is 13.1. The number of benzene rings is 1. The minimum absolute atomic E-state index is 0.353. The summed E-state index contributed by atoms with van der Waals surface area (Å²) in [7, 11) is 1.58. The van der Waals surface area contributed by atoms with Crippen molar-refractivity contribution >= 4 is 27.5 Å². The van der Waals surface area contributed by atoms with Crippen LogP contribution < -0.4 is 10.3 Å². The fourth-order valence-electron chi connectivity index (χ4n) is 2.85. The molecule has 0 saturated heterocycles. The minimum atomic E-state index is -1.39. The molecule has 0 unspecified atom stereocenters. The topological polar surface area (TPSA) is 81.4 Å². The summed E-state index contributed by atoms with van der Waals surface area (Å²) < 4.78 is 6.49. The second kappa shape index (κ2) is 6.00. The van der Waals surface area contributed by atoms with Crippen LogP contribution in [-0.4, -0.2) is 27.7 Å². The monoisotopic (exact) mass is 358 g/mol. The molecule has 25 heavy (non-hydrogen) atoms. The lowest BCUT2D eigenvalue weighted by Gasteiger charge is -2.24. The van der Waals surface area contributed by atoms with E-state index >= 15 is 0 Å². The number of carbonyl (C=O) groups is 1. The second-order valence-corrected chi connectivity index (χ2v) is 7.08. The molecule has 0 spiro atoms. The van der Waals surface area contributed by atoms with E-state index in [9.17, 15) is 14.7 Å². The molecule has 2 heterocycles. The first-order valence-corrected chi connectivity index (χ1v) is 8.54. The van der Waals surface area contributed by atoms with Crippen molar-refractivity contribution in [1.82, 2.24) is 9.55 Å². The lowest BCUT2D eigenvalue weighted by Crippen LogP contribution is -2.44. The molecule has 0 amide bonds. The molecule has 6 nitrogen and oxygen atoms in total. The van der Waals surface area contributed by atoms with Crippen molar-refractivity contribution in [3.63, 3.8) is 0 Å². The summed E-state index contributed by atoms with van der Waals surface area (Å²) in [5.41, 5.74) is -0.191. The predicted octanol–water partition coefficient (Wildman–Crippen LogP) is 3.26. The van der Waals surface area contributed by atoms with Crippen molar-refractivity contribution in [2.24, 2.45) is 0 Å². The van der Waals surface area contributed by atoms with E-state index in [-0.39, 0.29) is 5.56 Å². The maximum absolute atomic E-state index is 13.1. The van der Waals surface area contributed by atoms with E-state index in [1.807, 2.05) is 29.6 Å². The molecule has 3 aromatic rings. The van der Waals surface area contributed by atoms with E-state index in [0.717, 1.165) is 11.1 Å². The summed E-state index contributed by atoms with van der Waals surface area (Å²) in [6.07, 6.45) is 0. The number of aryl methyl sites for hydroxylation is 1. The summed E-state index contributed by atoms with van der Waals surface area (Å²) in [4.78, 5) is 29.8. The molecule has 1 N–H and O–H groups in total. The van der Waals surface area contributed by atoms with Crippen LogP contribution >= 0.6 is 11.3 Å². The minimum Gasteiger partial charge on any atom is -0.497 e. The average Bonchev–Trinajstić information content (AvgIpc) is 2.98. The number of aromatic nitrogens is 2. The van der Waals surface area contributed by atoms with Crippen molar-refractivity contribution in [2.45, 2.75) is 26.3 Å². The Kier molecular flexibility index (Phi) is 4.12. The van der Waals surface area contributed by atoms with E-state index in [2.05, 4.69) is 4.98 Å². The number of methoxy groups -OCH3 is 1. The lowest BCUT2D eigenvalue weighted by atomic mass is 10.0. The Morgan fingerprint density at radius 1 is 1.36 bits per heavy atom. The number of hydrogen-bond acceptors (Lipinski definition) is 5. The van der Waals surface area contributed by atoms with Crippen molar-refractivity contribution in [1.29, 1.82) is 0 Å². The molecular weight excluding hydrogens is 340 g/mol. The summed E-state index contributed by atoms with van der Waals surface area (Å²) in [5, 5.41) is 11.8. The standard InChI is InChI=1S/C18H18N2O4S/c1-10-19-15-14(16(21)20(10)18(2,3)17(22)23)13(9-25-15)11-6-5-7-12(8-11)24-4/h5-9H,1-4H3,(H,22,23). The molecule has 0 aliphatic rings. The van der Waals surface area contributed by atoms with E-state index in [4.69, 9.17) is 4.74 Å². The zero-order valence-electron chi connectivity index (χ0n) is 14.4. The molecule has 0 fully saturated rings. The molecule has 7 heteroatoms. The fourth-order valence-corrected chi connectivity index (χ4v) is 3.83. The molecule has 0 aliphatic heterocycles. The molecule has 3 rings (SSSR count).